The maximum absolute atomic E-state index is 15.9. The van der Waals surface area contributed by atoms with E-state index in [0.29, 0.717) is 102 Å². The number of carbonyl (C=O) groups excluding carboxylic acids is 5. The number of benzene rings is 4. The summed E-state index contributed by atoms with van der Waals surface area (Å²) in [6, 6.07) is 25.2. The Bertz CT molecular complexity index is 2730. The molecule has 2 bridgehead atoms. The van der Waals surface area contributed by atoms with Crippen molar-refractivity contribution in [2.45, 2.75) is 69.4 Å². The molecule has 4 amide bonds. The fourth-order valence-corrected chi connectivity index (χ4v) is 10.2. The van der Waals surface area contributed by atoms with Crippen molar-refractivity contribution in [3.63, 3.8) is 0 Å². The van der Waals surface area contributed by atoms with Gasteiger partial charge >= 0.3 is 0 Å². The number of nitrogens with one attached hydrogen (secondary N) is 3. The van der Waals surface area contributed by atoms with Crippen LogP contribution < -0.4 is 30.3 Å². The van der Waals surface area contributed by atoms with Crippen LogP contribution >= 0.6 is 0 Å². The van der Waals surface area contributed by atoms with E-state index in [2.05, 4.69) is 35.6 Å². The lowest BCUT2D eigenvalue weighted by molar-refractivity contribution is -0.134. The van der Waals surface area contributed by atoms with Crippen molar-refractivity contribution in [2.75, 3.05) is 61.4 Å². The summed E-state index contributed by atoms with van der Waals surface area (Å²) >= 11 is 0. The second-order valence-corrected chi connectivity index (χ2v) is 18.8. The third kappa shape index (κ3) is 9.79. The molecule has 5 aromatic rings. The van der Waals surface area contributed by atoms with Crippen LogP contribution in [0.5, 0.6) is 17.2 Å². The number of fused-ring (bicyclic) bond motifs is 3. The van der Waals surface area contributed by atoms with Crippen LogP contribution in [0.3, 0.4) is 0 Å². The monoisotopic (exact) mass is 925 g/mol. The molecule has 5 fully saturated rings. The molecule has 5 aliphatic rings. The minimum Gasteiger partial charge on any atom is -0.486 e. The highest BCUT2D eigenvalue weighted by Gasteiger charge is 2.56. The van der Waals surface area contributed by atoms with E-state index in [1.54, 1.807) is 54.7 Å². The molecular formula is C52H53F2N7O7. The first-order chi connectivity index (χ1) is 33.0. The number of halogens is 2. The van der Waals surface area contributed by atoms with Gasteiger partial charge in [0.2, 0.25) is 23.6 Å². The van der Waals surface area contributed by atoms with Gasteiger partial charge < -0.3 is 25.0 Å². The first-order valence-electron chi connectivity index (χ1n) is 23.5. The Morgan fingerprint density at radius 3 is 2.12 bits per heavy atom. The smallest absolute Gasteiger partial charge is 0.240 e. The topological polar surface area (TPSA) is 163 Å². The lowest BCUT2D eigenvalue weighted by atomic mass is 9.90. The maximum atomic E-state index is 15.9. The molecule has 3 atom stereocenters. The number of hydrogen-bond acceptors (Lipinski definition) is 11. The van der Waals surface area contributed by atoms with Gasteiger partial charge in [-0.2, -0.15) is 0 Å². The molecule has 16 heteroatoms. The lowest BCUT2D eigenvalue weighted by Gasteiger charge is -2.39. The van der Waals surface area contributed by atoms with Gasteiger partial charge in [0.05, 0.1) is 17.1 Å². The molecular weight excluding hydrogens is 873 g/mol. The van der Waals surface area contributed by atoms with Gasteiger partial charge in [-0.05, 0) is 129 Å². The first-order valence-corrected chi connectivity index (χ1v) is 23.5. The molecule has 3 N–H and O–H groups in total. The number of piperidine rings is 2. The Morgan fingerprint density at radius 2 is 1.46 bits per heavy atom. The molecule has 1 unspecified atom stereocenters. The van der Waals surface area contributed by atoms with E-state index in [9.17, 15) is 28.4 Å². The Kier molecular flexibility index (Phi) is 12.6. The van der Waals surface area contributed by atoms with Crippen molar-refractivity contribution in [3.8, 4) is 17.2 Å². The Labute approximate surface area is 392 Å². The highest BCUT2D eigenvalue weighted by Crippen LogP contribution is 2.48. The average Bonchev–Trinajstić information content (AvgIpc) is 3.95. The molecule has 1 aromatic heterocycles. The van der Waals surface area contributed by atoms with E-state index >= 15 is 4.39 Å². The van der Waals surface area contributed by atoms with Crippen LogP contribution in [0.1, 0.15) is 62.8 Å². The number of carbonyl (C=O) groups is 5. The van der Waals surface area contributed by atoms with Gasteiger partial charge in [0.1, 0.15) is 40.9 Å². The van der Waals surface area contributed by atoms with E-state index < -0.39 is 23.0 Å². The number of Topliss-reactive ketones (excluding diaryl/α,β-unsaturated/α-hetero) is 1. The molecule has 352 valence electrons. The molecule has 10 rings (SSSR count). The zero-order valence-corrected chi connectivity index (χ0v) is 37.6. The number of likely N-dealkylation sites (tertiary alicyclic amines) is 2. The van der Waals surface area contributed by atoms with Crippen molar-refractivity contribution >= 4 is 57.4 Å². The number of pyridine rings is 1. The minimum absolute atomic E-state index is 0.00446. The minimum atomic E-state index is -1.19. The number of piperazine rings is 1. The van der Waals surface area contributed by atoms with Gasteiger partial charge in [0, 0.05) is 87.2 Å². The van der Waals surface area contributed by atoms with Gasteiger partial charge in [-0.3, -0.25) is 44.1 Å². The van der Waals surface area contributed by atoms with Gasteiger partial charge in [0.25, 0.3) is 0 Å². The molecule has 4 aliphatic heterocycles. The summed E-state index contributed by atoms with van der Waals surface area (Å²) in [5, 5.41) is 8.46. The zero-order valence-electron chi connectivity index (χ0n) is 37.6. The number of rotatable bonds is 16. The van der Waals surface area contributed by atoms with Gasteiger partial charge in [-0.15, -0.1) is 0 Å². The van der Waals surface area contributed by atoms with Crippen LogP contribution in [0, 0.1) is 23.0 Å². The molecule has 4 saturated heterocycles. The number of imide groups is 1. The molecule has 4 aromatic carbocycles. The quantitative estimate of drug-likeness (QED) is 0.0678. The van der Waals surface area contributed by atoms with Crippen LogP contribution in [-0.4, -0.2) is 102 Å². The van der Waals surface area contributed by atoms with E-state index in [-0.39, 0.29) is 35.9 Å². The SMILES string of the molecule is O=C(CCN1C[C@@H]2C[C@H]1CN2CC1CCN(c2cc3nccc(Oc4ccc(NC(=O)C5(C(=O)Nc6ccc(F)cc6)CC5)cc4)c3cc2F)CC1)COc1ccc(C2CCC(=O)NC2=O)cc1. The number of ether oxygens (including phenoxy) is 2. The van der Waals surface area contributed by atoms with Crippen LogP contribution in [-0.2, 0) is 24.0 Å². The molecule has 1 saturated carbocycles. The number of aromatic nitrogens is 1. The van der Waals surface area contributed by atoms with Crippen molar-refractivity contribution < 1.29 is 42.2 Å². The van der Waals surface area contributed by atoms with E-state index in [1.807, 2.05) is 12.1 Å². The second-order valence-electron chi connectivity index (χ2n) is 18.8. The van der Waals surface area contributed by atoms with Crippen molar-refractivity contribution in [3.05, 3.63) is 114 Å². The predicted octanol–water partition coefficient (Wildman–Crippen LogP) is 7.20. The summed E-state index contributed by atoms with van der Waals surface area (Å²) in [4.78, 5) is 74.3. The molecule has 1 aliphatic carbocycles. The van der Waals surface area contributed by atoms with Crippen LogP contribution in [0.25, 0.3) is 10.9 Å². The normalized spacial score (nSPS) is 21.4. The van der Waals surface area contributed by atoms with Gasteiger partial charge in [-0.25, -0.2) is 8.78 Å². The second kappa shape index (κ2) is 19.1. The number of ketones is 1. The summed E-state index contributed by atoms with van der Waals surface area (Å²) in [6.45, 7) is 5.16. The van der Waals surface area contributed by atoms with E-state index in [1.165, 1.54) is 30.3 Å². The summed E-state index contributed by atoms with van der Waals surface area (Å²) < 4.78 is 41.2. The van der Waals surface area contributed by atoms with Crippen LogP contribution in [0.4, 0.5) is 25.8 Å². The number of nitrogens with zero attached hydrogens (tertiary/aromatic N) is 4. The fraction of sp³-hybridized carbons (Fsp3) is 0.385. The number of hydrogen-bond donors (Lipinski definition) is 3. The van der Waals surface area contributed by atoms with E-state index in [0.717, 1.165) is 57.5 Å². The Hall–Kier alpha value is -6.78. The summed E-state index contributed by atoms with van der Waals surface area (Å²) in [5.41, 5.74) is 1.67. The maximum Gasteiger partial charge on any atom is 0.240 e. The highest BCUT2D eigenvalue weighted by molar-refractivity contribution is 6.17. The van der Waals surface area contributed by atoms with Gasteiger partial charge in [0.15, 0.2) is 5.78 Å². The van der Waals surface area contributed by atoms with Gasteiger partial charge in [-0.1, -0.05) is 12.1 Å². The number of amides is 4. The fourth-order valence-electron chi connectivity index (χ4n) is 10.2. The molecule has 0 spiro atoms. The van der Waals surface area contributed by atoms with Crippen molar-refractivity contribution in [1.29, 1.82) is 0 Å². The Balaban J connectivity index is 0.658. The largest absolute Gasteiger partial charge is 0.486 e. The number of anilines is 3. The third-order valence-corrected chi connectivity index (χ3v) is 14.3. The van der Waals surface area contributed by atoms with Crippen molar-refractivity contribution in [1.82, 2.24) is 20.1 Å². The highest BCUT2D eigenvalue weighted by atomic mass is 19.1. The zero-order chi connectivity index (χ0) is 46.9. The summed E-state index contributed by atoms with van der Waals surface area (Å²) in [6.07, 6.45) is 6.71. The van der Waals surface area contributed by atoms with Crippen LogP contribution in [0.15, 0.2) is 97.2 Å². The molecule has 0 radical (unpaired) electrons. The third-order valence-electron chi connectivity index (χ3n) is 14.3. The molecule has 68 heavy (non-hydrogen) atoms. The summed E-state index contributed by atoms with van der Waals surface area (Å²) in [7, 11) is 0. The van der Waals surface area contributed by atoms with Crippen molar-refractivity contribution in [2.24, 2.45) is 11.3 Å². The lowest BCUT2D eigenvalue weighted by Crippen LogP contribution is -2.49. The predicted molar refractivity (Wildman–Crippen MR) is 251 cm³/mol. The first kappa shape index (κ1) is 45.0. The van der Waals surface area contributed by atoms with Crippen LogP contribution in [0.2, 0.25) is 0 Å². The average molecular weight is 926 g/mol. The molecule has 14 nitrogen and oxygen atoms in total. The summed E-state index contributed by atoms with van der Waals surface area (Å²) in [5.74, 6) is -0.451. The molecule has 5 heterocycles. The standard InChI is InChI=1S/C52H53F2N7O7/c53-34-3-5-35(6-4-34)56-50(65)52(19-20-52)51(66)57-36-7-11-41(12-8-36)68-47-15-21-55-45-27-46(44(54)26-43(45)47)59-22-16-32(17-23-59)28-61-30-37-25-38(61)29-60(37)24-18-39(62)31-67-40-9-1-33(2-10-40)42-13-14-48(63)58-49(42)64/h1-12,15,21,26-27,32,37-38,42H,13-14,16-20,22-25,28-31H2,(H,56,65)(H,57,66)(H,58,63,64)/t37-,38-,42?/m0/s1. The Morgan fingerprint density at radius 1 is 0.794 bits per heavy atom. The van der Waals surface area contributed by atoms with E-state index in [4.69, 9.17) is 9.47 Å².